The summed E-state index contributed by atoms with van der Waals surface area (Å²) in [6.45, 7) is 3.78. The van der Waals surface area contributed by atoms with Gasteiger partial charge in [0.25, 0.3) is 0 Å². The summed E-state index contributed by atoms with van der Waals surface area (Å²) < 4.78 is 0. The van der Waals surface area contributed by atoms with Crippen molar-refractivity contribution in [2.75, 3.05) is 5.32 Å². The monoisotopic (exact) mass is 459 g/mol. The zero-order chi connectivity index (χ0) is 24.6. The van der Waals surface area contributed by atoms with Crippen LogP contribution in [0.15, 0.2) is 72.8 Å². The van der Waals surface area contributed by atoms with E-state index in [1.807, 2.05) is 72.8 Å². The van der Waals surface area contributed by atoms with Crippen LogP contribution in [0.1, 0.15) is 43.4 Å². The number of carbonyl (C=O) groups excluding carboxylic acids is 2. The standard InChI is InChI=1S/C28H33N3O3/c1-28(2,29)27(34)31-25-12-6-4-8-22(25)10-7-13-26(33)30-18-20-14-16-21(17-15-20)24-11-5-3-9-23(24)19-32/h3-6,8-9,11-12,14-17,32H,7,10,13,18-19,29H2,1-2H3,(H,30,33)(H,31,34). The van der Waals surface area contributed by atoms with Gasteiger partial charge in [-0.2, -0.15) is 0 Å². The molecule has 6 heteroatoms. The molecule has 2 amide bonds. The number of nitrogens with two attached hydrogens (primary N) is 1. The second-order valence-electron chi connectivity index (χ2n) is 8.98. The number of nitrogens with one attached hydrogen (secondary N) is 2. The molecule has 6 nitrogen and oxygen atoms in total. The topological polar surface area (TPSA) is 104 Å². The molecule has 0 fully saturated rings. The van der Waals surface area contributed by atoms with Gasteiger partial charge in [0.2, 0.25) is 11.8 Å². The second kappa shape index (κ2) is 11.6. The van der Waals surface area contributed by atoms with Gasteiger partial charge in [0.15, 0.2) is 0 Å². The molecule has 0 saturated heterocycles. The maximum Gasteiger partial charge on any atom is 0.243 e. The summed E-state index contributed by atoms with van der Waals surface area (Å²) in [6.07, 6.45) is 1.74. The van der Waals surface area contributed by atoms with E-state index in [-0.39, 0.29) is 18.4 Å². The summed E-state index contributed by atoms with van der Waals surface area (Å²) in [7, 11) is 0. The molecule has 0 aliphatic carbocycles. The predicted octanol–water partition coefficient (Wildman–Crippen LogP) is 4.16. The van der Waals surface area contributed by atoms with Gasteiger partial charge in [-0.1, -0.05) is 66.7 Å². The first-order valence-corrected chi connectivity index (χ1v) is 11.5. The Balaban J connectivity index is 1.48. The molecule has 0 unspecified atom stereocenters. The normalized spacial score (nSPS) is 11.2. The number of hydrogen-bond acceptors (Lipinski definition) is 4. The summed E-state index contributed by atoms with van der Waals surface area (Å²) in [5, 5.41) is 15.4. The van der Waals surface area contributed by atoms with Crippen LogP contribution in [0.5, 0.6) is 0 Å². The van der Waals surface area contributed by atoms with E-state index in [9.17, 15) is 14.7 Å². The lowest BCUT2D eigenvalue weighted by Gasteiger charge is -2.19. The fraction of sp³-hybridized carbons (Fsp3) is 0.286. The van der Waals surface area contributed by atoms with Gasteiger partial charge in [0.05, 0.1) is 12.1 Å². The first-order valence-electron chi connectivity index (χ1n) is 11.5. The Morgan fingerprint density at radius 2 is 1.56 bits per heavy atom. The van der Waals surface area contributed by atoms with Crippen LogP contribution in [-0.2, 0) is 29.2 Å². The Morgan fingerprint density at radius 3 is 2.24 bits per heavy atom. The van der Waals surface area contributed by atoms with Crippen molar-refractivity contribution in [3.05, 3.63) is 89.5 Å². The molecule has 0 bridgehead atoms. The number of aliphatic hydroxyl groups excluding tert-OH is 1. The van der Waals surface area contributed by atoms with Gasteiger partial charge in [0.1, 0.15) is 0 Å². The van der Waals surface area contributed by atoms with Gasteiger partial charge in [-0.05, 0) is 60.6 Å². The first-order chi connectivity index (χ1) is 16.3. The fourth-order valence-electron chi connectivity index (χ4n) is 3.61. The van der Waals surface area contributed by atoms with Crippen molar-refractivity contribution in [3.63, 3.8) is 0 Å². The predicted molar refractivity (Wildman–Crippen MR) is 136 cm³/mol. The number of benzene rings is 3. The SMILES string of the molecule is CC(C)(N)C(=O)Nc1ccccc1CCCC(=O)NCc1ccc(-c2ccccc2CO)cc1. The molecule has 0 radical (unpaired) electrons. The highest BCUT2D eigenvalue weighted by Gasteiger charge is 2.22. The van der Waals surface area contributed by atoms with Gasteiger partial charge < -0.3 is 21.5 Å². The van der Waals surface area contributed by atoms with Crippen LogP contribution < -0.4 is 16.4 Å². The Morgan fingerprint density at radius 1 is 0.912 bits per heavy atom. The van der Waals surface area contributed by atoms with E-state index in [0.29, 0.717) is 25.8 Å². The lowest BCUT2D eigenvalue weighted by Crippen LogP contribution is -2.45. The lowest BCUT2D eigenvalue weighted by molar-refractivity contribution is -0.121. The Labute approximate surface area is 201 Å². The third-order valence-electron chi connectivity index (χ3n) is 5.64. The van der Waals surface area contributed by atoms with Crippen molar-refractivity contribution >= 4 is 17.5 Å². The van der Waals surface area contributed by atoms with Gasteiger partial charge in [0, 0.05) is 18.7 Å². The zero-order valence-electron chi connectivity index (χ0n) is 19.8. The molecule has 0 spiro atoms. The highest BCUT2D eigenvalue weighted by Crippen LogP contribution is 2.24. The first kappa shape index (κ1) is 25.1. The molecule has 0 aromatic heterocycles. The van der Waals surface area contributed by atoms with Crippen LogP contribution in [0.25, 0.3) is 11.1 Å². The molecule has 5 N–H and O–H groups in total. The number of amides is 2. The molecule has 3 rings (SSSR count). The van der Waals surface area contributed by atoms with E-state index in [4.69, 9.17) is 5.73 Å². The molecule has 34 heavy (non-hydrogen) atoms. The Bertz CT molecular complexity index is 1120. The summed E-state index contributed by atoms with van der Waals surface area (Å²) in [5.41, 5.74) is 10.6. The highest BCUT2D eigenvalue weighted by molar-refractivity contribution is 5.97. The summed E-state index contributed by atoms with van der Waals surface area (Å²) >= 11 is 0. The van der Waals surface area contributed by atoms with Crippen molar-refractivity contribution in [3.8, 4) is 11.1 Å². The van der Waals surface area contributed by atoms with Crippen molar-refractivity contribution in [2.45, 2.75) is 51.8 Å². The number of anilines is 1. The van der Waals surface area contributed by atoms with Gasteiger partial charge >= 0.3 is 0 Å². The summed E-state index contributed by atoms with van der Waals surface area (Å²) in [4.78, 5) is 24.6. The van der Waals surface area contributed by atoms with Gasteiger partial charge in [-0.15, -0.1) is 0 Å². The molecule has 3 aromatic carbocycles. The van der Waals surface area contributed by atoms with Gasteiger partial charge in [-0.3, -0.25) is 9.59 Å². The van der Waals surface area contributed by atoms with Crippen molar-refractivity contribution in [2.24, 2.45) is 5.73 Å². The summed E-state index contributed by atoms with van der Waals surface area (Å²) in [5.74, 6) is -0.261. The van der Waals surface area contributed by atoms with E-state index in [0.717, 1.165) is 33.5 Å². The van der Waals surface area contributed by atoms with Crippen molar-refractivity contribution in [1.82, 2.24) is 5.32 Å². The van der Waals surface area contributed by atoms with Crippen LogP contribution in [0.3, 0.4) is 0 Å². The number of rotatable bonds is 10. The molecular weight excluding hydrogens is 426 g/mol. The molecule has 3 aromatic rings. The average molecular weight is 460 g/mol. The lowest BCUT2D eigenvalue weighted by atomic mass is 9.99. The molecule has 178 valence electrons. The molecule has 0 aliphatic heterocycles. The van der Waals surface area contributed by atoms with E-state index in [2.05, 4.69) is 10.6 Å². The second-order valence-corrected chi connectivity index (χ2v) is 8.98. The van der Waals surface area contributed by atoms with Crippen molar-refractivity contribution in [1.29, 1.82) is 0 Å². The molecule has 0 atom stereocenters. The van der Waals surface area contributed by atoms with E-state index < -0.39 is 5.54 Å². The Kier molecular flexibility index (Phi) is 8.57. The largest absolute Gasteiger partial charge is 0.392 e. The van der Waals surface area contributed by atoms with Crippen molar-refractivity contribution < 1.29 is 14.7 Å². The summed E-state index contributed by atoms with van der Waals surface area (Å²) in [6, 6.07) is 23.3. The van der Waals surface area contributed by atoms with Crippen LogP contribution in [0.2, 0.25) is 0 Å². The molecule has 0 saturated carbocycles. The average Bonchev–Trinajstić information content (AvgIpc) is 2.83. The van der Waals surface area contributed by atoms with E-state index in [1.165, 1.54) is 0 Å². The van der Waals surface area contributed by atoms with Crippen LogP contribution in [0, 0.1) is 0 Å². The third-order valence-corrected chi connectivity index (χ3v) is 5.64. The maximum atomic E-state index is 12.3. The fourth-order valence-corrected chi connectivity index (χ4v) is 3.61. The maximum absolute atomic E-state index is 12.3. The van der Waals surface area contributed by atoms with Gasteiger partial charge in [-0.25, -0.2) is 0 Å². The number of aryl methyl sites for hydroxylation is 1. The molecule has 0 heterocycles. The van der Waals surface area contributed by atoms with Crippen LogP contribution in [-0.4, -0.2) is 22.5 Å². The smallest absolute Gasteiger partial charge is 0.243 e. The zero-order valence-corrected chi connectivity index (χ0v) is 19.8. The third kappa shape index (κ3) is 7.01. The minimum atomic E-state index is -0.965. The minimum Gasteiger partial charge on any atom is -0.392 e. The number of para-hydroxylation sites is 1. The number of aliphatic hydroxyl groups is 1. The minimum absolute atomic E-state index is 0.00414. The van der Waals surface area contributed by atoms with Crippen LogP contribution in [0.4, 0.5) is 5.69 Å². The van der Waals surface area contributed by atoms with E-state index >= 15 is 0 Å². The molecular formula is C28H33N3O3. The number of hydrogen-bond donors (Lipinski definition) is 4. The van der Waals surface area contributed by atoms with Crippen LogP contribution >= 0.6 is 0 Å². The Hall–Kier alpha value is -3.48. The highest BCUT2D eigenvalue weighted by atomic mass is 16.3. The number of carbonyl (C=O) groups is 2. The van der Waals surface area contributed by atoms with E-state index in [1.54, 1.807) is 13.8 Å². The molecule has 0 aliphatic rings. The quantitative estimate of drug-likeness (QED) is 0.365.